The van der Waals surface area contributed by atoms with E-state index in [1.165, 1.54) is 19.5 Å². The molecule has 4 atom stereocenters. The largest absolute Gasteiger partial charge is 0.462 e. The molecule has 34 heavy (non-hydrogen) atoms. The molecule has 2 N–H and O–H groups in total. The number of amidine groups is 1. The molecule has 1 unspecified atom stereocenters. The number of nitrogens with two attached hydrogens (primary N) is 1. The Hall–Kier alpha value is -3.33. The molecule has 1 aliphatic heterocycles. The number of aromatic nitrogens is 3. The zero-order chi connectivity index (χ0) is 23.9. The number of ketones is 1. The maximum Gasteiger partial charge on any atom is 0.283 e. The van der Waals surface area contributed by atoms with Crippen molar-refractivity contribution in [2.45, 2.75) is 50.4 Å². The quantitative estimate of drug-likeness (QED) is 0.486. The number of carbonyl (C=O) groups excluding carboxylic acids is 1. The number of aryl methyl sites for hydroxylation is 2. The number of hydrogen-bond acceptors (Lipinski definition) is 8. The van der Waals surface area contributed by atoms with Crippen LogP contribution in [0.4, 0.5) is 4.39 Å². The number of benzene rings is 1. The zero-order valence-electron chi connectivity index (χ0n) is 18.4. The third-order valence-corrected chi connectivity index (χ3v) is 6.74. The predicted octanol–water partition coefficient (Wildman–Crippen LogP) is 3.62. The van der Waals surface area contributed by atoms with E-state index in [2.05, 4.69) is 19.9 Å². The molecular formula is C24H23ClFN5O3. The minimum absolute atomic E-state index is 0.0419. The number of hydrogen-bond donors (Lipinski definition) is 1. The lowest BCUT2D eigenvalue weighted by Crippen LogP contribution is -2.43. The van der Waals surface area contributed by atoms with E-state index in [4.69, 9.17) is 26.5 Å². The number of oxazole rings is 1. The molecule has 0 radical (unpaired) electrons. The van der Waals surface area contributed by atoms with E-state index in [1.807, 2.05) is 0 Å². The molecule has 10 heteroatoms. The molecule has 5 rings (SSSR count). The Morgan fingerprint density at radius 2 is 2.09 bits per heavy atom. The van der Waals surface area contributed by atoms with Gasteiger partial charge in [0.05, 0.1) is 17.6 Å². The topological polar surface area (TPSA) is 116 Å². The van der Waals surface area contributed by atoms with Crippen molar-refractivity contribution in [1.29, 1.82) is 0 Å². The van der Waals surface area contributed by atoms with Crippen molar-refractivity contribution in [3.63, 3.8) is 0 Å². The second-order valence-corrected chi connectivity index (χ2v) is 9.08. The third kappa shape index (κ3) is 4.16. The predicted molar refractivity (Wildman–Crippen MR) is 122 cm³/mol. The van der Waals surface area contributed by atoms with Crippen molar-refractivity contribution in [1.82, 2.24) is 15.0 Å². The van der Waals surface area contributed by atoms with E-state index in [0.717, 1.165) is 11.4 Å². The molecule has 3 heterocycles. The first-order valence-electron chi connectivity index (χ1n) is 11.0. The van der Waals surface area contributed by atoms with Gasteiger partial charge in [-0.05, 0) is 37.8 Å². The average Bonchev–Trinajstić information content (AvgIpc) is 3.41. The van der Waals surface area contributed by atoms with Crippen molar-refractivity contribution >= 4 is 23.4 Å². The summed E-state index contributed by atoms with van der Waals surface area (Å²) in [6, 6.07) is 5.12. The van der Waals surface area contributed by atoms with Gasteiger partial charge in [-0.15, -0.1) is 0 Å². The Morgan fingerprint density at radius 1 is 1.26 bits per heavy atom. The average molecular weight is 484 g/mol. The van der Waals surface area contributed by atoms with Gasteiger partial charge in [-0.1, -0.05) is 23.7 Å². The Kier molecular flexibility index (Phi) is 5.81. The van der Waals surface area contributed by atoms with Crippen LogP contribution in [0.15, 0.2) is 52.7 Å². The molecule has 0 spiro atoms. The van der Waals surface area contributed by atoms with Crippen molar-refractivity contribution in [3.8, 4) is 0 Å². The summed E-state index contributed by atoms with van der Waals surface area (Å²) in [6.45, 7) is 1.45. The van der Waals surface area contributed by atoms with Crippen LogP contribution in [0.25, 0.3) is 0 Å². The Morgan fingerprint density at radius 3 is 2.79 bits per heavy atom. The normalized spacial score (nSPS) is 24.0. The summed E-state index contributed by atoms with van der Waals surface area (Å²) >= 11 is 6.50. The molecule has 176 valence electrons. The van der Waals surface area contributed by atoms with Gasteiger partial charge in [-0.3, -0.25) is 9.78 Å². The first-order valence-corrected chi connectivity index (χ1v) is 11.4. The summed E-state index contributed by atoms with van der Waals surface area (Å²) in [5, 5.41) is 0.376. The molecule has 2 aromatic heterocycles. The lowest BCUT2D eigenvalue weighted by atomic mass is 9.80. The number of nitrogens with zero attached hydrogens (tertiary/aromatic N) is 4. The molecular weight excluding hydrogens is 461 g/mol. The van der Waals surface area contributed by atoms with Gasteiger partial charge in [0.2, 0.25) is 0 Å². The van der Waals surface area contributed by atoms with Gasteiger partial charge in [0.15, 0.2) is 12.2 Å². The minimum atomic E-state index is -1.34. The van der Waals surface area contributed by atoms with Crippen LogP contribution in [-0.4, -0.2) is 39.0 Å². The molecule has 1 fully saturated rings. The lowest BCUT2D eigenvalue weighted by Gasteiger charge is -2.36. The van der Waals surface area contributed by atoms with Crippen LogP contribution in [0.2, 0.25) is 5.02 Å². The van der Waals surface area contributed by atoms with E-state index >= 15 is 4.39 Å². The third-order valence-electron chi connectivity index (χ3n) is 6.41. The Bertz CT molecular complexity index is 1230. The number of Topliss-reactive ketones (excluding diaryl/α,β-unsaturated/α-hetero) is 1. The van der Waals surface area contributed by atoms with E-state index in [9.17, 15) is 4.79 Å². The first kappa shape index (κ1) is 22.5. The SMILES string of the molecule is CC(F)[C@]1(c2cc(CC(=O)c3cnc(CCc4cocn4)cn3)ccc2Cl)N=C(N)O[C@@H]2C[C@@H]21. The molecule has 1 aliphatic carbocycles. The molecule has 8 nitrogen and oxygen atoms in total. The summed E-state index contributed by atoms with van der Waals surface area (Å²) in [6.07, 6.45) is 6.53. The molecule has 0 amide bonds. The number of carbonyl (C=O) groups is 1. The standard InChI is InChI=1S/C24H23ClFN5O3/c1-13(26)24(18-8-22(18)34-23(27)31-24)17-6-14(2-5-19(17)25)7-21(32)20-10-28-15(9-29-20)3-4-16-11-33-12-30-16/h2,5-6,9-13,18,22H,3-4,7-8H2,1H3,(H2,27,31)/t13?,18-,22+,24+/m0/s1. The number of rotatable bonds is 8. The fourth-order valence-electron chi connectivity index (χ4n) is 4.58. The number of ether oxygens (including phenoxy) is 1. The monoisotopic (exact) mass is 483 g/mol. The maximum absolute atomic E-state index is 15.0. The summed E-state index contributed by atoms with van der Waals surface area (Å²) in [5.74, 6) is -0.357. The fraction of sp³-hybridized carbons (Fsp3) is 0.375. The number of fused-ring (bicyclic) bond motifs is 1. The van der Waals surface area contributed by atoms with Crippen LogP contribution in [0.3, 0.4) is 0 Å². The maximum atomic E-state index is 15.0. The smallest absolute Gasteiger partial charge is 0.283 e. The van der Waals surface area contributed by atoms with Gasteiger partial charge < -0.3 is 14.9 Å². The van der Waals surface area contributed by atoms with Crippen molar-refractivity contribution in [3.05, 3.63) is 76.5 Å². The second-order valence-electron chi connectivity index (χ2n) is 8.68. The van der Waals surface area contributed by atoms with Crippen LogP contribution in [0, 0.1) is 5.92 Å². The van der Waals surface area contributed by atoms with Gasteiger partial charge >= 0.3 is 0 Å². The molecule has 0 saturated heterocycles. The van der Waals surface area contributed by atoms with E-state index in [0.29, 0.717) is 35.4 Å². The van der Waals surface area contributed by atoms with Crippen LogP contribution < -0.4 is 5.73 Å². The van der Waals surface area contributed by atoms with E-state index < -0.39 is 11.7 Å². The van der Waals surface area contributed by atoms with Crippen LogP contribution in [0.1, 0.15) is 46.3 Å². The zero-order valence-corrected chi connectivity index (χ0v) is 19.2. The summed E-state index contributed by atoms with van der Waals surface area (Å²) in [5.41, 5.74) is 7.65. The van der Waals surface area contributed by atoms with Gasteiger partial charge in [0, 0.05) is 29.1 Å². The minimum Gasteiger partial charge on any atom is -0.462 e. The highest BCUT2D eigenvalue weighted by Crippen LogP contribution is 2.56. The molecule has 1 aromatic carbocycles. The number of halogens is 2. The molecule has 0 bridgehead atoms. The van der Waals surface area contributed by atoms with E-state index in [-0.39, 0.29) is 35.9 Å². The summed E-state index contributed by atoms with van der Waals surface area (Å²) in [7, 11) is 0. The highest BCUT2D eigenvalue weighted by atomic mass is 35.5. The van der Waals surface area contributed by atoms with Crippen molar-refractivity contribution in [2.24, 2.45) is 16.6 Å². The Balaban J connectivity index is 1.34. The van der Waals surface area contributed by atoms with Crippen LogP contribution in [-0.2, 0) is 29.5 Å². The Labute approximate surface area is 200 Å². The van der Waals surface area contributed by atoms with Crippen molar-refractivity contribution < 1.29 is 18.3 Å². The lowest BCUT2D eigenvalue weighted by molar-refractivity contribution is 0.0987. The van der Waals surface area contributed by atoms with Crippen molar-refractivity contribution in [2.75, 3.05) is 0 Å². The van der Waals surface area contributed by atoms with Gasteiger partial charge in [0.25, 0.3) is 6.02 Å². The summed E-state index contributed by atoms with van der Waals surface area (Å²) in [4.78, 5) is 30.0. The first-order chi connectivity index (χ1) is 16.4. The van der Waals surface area contributed by atoms with E-state index in [1.54, 1.807) is 30.7 Å². The van der Waals surface area contributed by atoms with Gasteiger partial charge in [-0.2, -0.15) is 0 Å². The van der Waals surface area contributed by atoms with Gasteiger partial charge in [0.1, 0.15) is 29.8 Å². The highest BCUT2D eigenvalue weighted by molar-refractivity contribution is 6.31. The van der Waals surface area contributed by atoms with Crippen LogP contribution >= 0.6 is 11.6 Å². The van der Waals surface area contributed by atoms with Gasteiger partial charge in [-0.25, -0.2) is 19.4 Å². The number of aliphatic imine (C=N–C) groups is 1. The number of alkyl halides is 1. The molecule has 1 saturated carbocycles. The molecule has 3 aromatic rings. The fourth-order valence-corrected chi connectivity index (χ4v) is 4.85. The van der Waals surface area contributed by atoms with Crippen LogP contribution in [0.5, 0.6) is 0 Å². The summed E-state index contributed by atoms with van der Waals surface area (Å²) < 4.78 is 25.5. The second kappa shape index (κ2) is 8.79. The molecule has 2 aliphatic rings. The highest BCUT2D eigenvalue weighted by Gasteiger charge is 2.62.